The molecule has 5 heteroatoms. The van der Waals surface area contributed by atoms with Crippen molar-refractivity contribution in [2.75, 3.05) is 6.54 Å². The van der Waals surface area contributed by atoms with Crippen LogP contribution >= 0.6 is 11.6 Å². The summed E-state index contributed by atoms with van der Waals surface area (Å²) in [6, 6.07) is 9.85. The summed E-state index contributed by atoms with van der Waals surface area (Å²) in [6.07, 6.45) is 4.11. The second-order valence-corrected chi connectivity index (χ2v) is 7.57. The first-order valence-electron chi connectivity index (χ1n) is 8.57. The lowest BCUT2D eigenvalue weighted by Crippen LogP contribution is -2.34. The summed E-state index contributed by atoms with van der Waals surface area (Å²) in [5.41, 5.74) is 3.69. The van der Waals surface area contributed by atoms with E-state index in [2.05, 4.69) is 28.0 Å². The van der Waals surface area contributed by atoms with Crippen LogP contribution in [0.1, 0.15) is 36.1 Å². The molecule has 0 amide bonds. The molecule has 0 saturated carbocycles. The van der Waals surface area contributed by atoms with Crippen LogP contribution in [-0.2, 0) is 19.2 Å². The Morgan fingerprint density at radius 2 is 2.24 bits per heavy atom. The third-order valence-electron chi connectivity index (χ3n) is 5.32. The number of rotatable bonds is 3. The zero-order chi connectivity index (χ0) is 17.6. The molecule has 3 heterocycles. The smallest absolute Gasteiger partial charge is 0.0890 e. The van der Waals surface area contributed by atoms with Crippen molar-refractivity contribution in [3.8, 4) is 0 Å². The van der Waals surface area contributed by atoms with Crippen molar-refractivity contribution in [3.05, 3.63) is 64.6 Å². The summed E-state index contributed by atoms with van der Waals surface area (Å²) in [7, 11) is 2.10. The molecule has 130 valence electrons. The molecule has 2 aromatic heterocycles. The number of pyridine rings is 1. The van der Waals surface area contributed by atoms with E-state index in [-0.39, 0.29) is 5.92 Å². The molecule has 0 fully saturated rings. The van der Waals surface area contributed by atoms with E-state index in [4.69, 9.17) is 11.6 Å². The van der Waals surface area contributed by atoms with E-state index in [0.29, 0.717) is 6.42 Å². The first-order valence-corrected chi connectivity index (χ1v) is 8.95. The zero-order valence-corrected chi connectivity index (χ0v) is 15.2. The van der Waals surface area contributed by atoms with Gasteiger partial charge in [-0.05, 0) is 43.2 Å². The van der Waals surface area contributed by atoms with Gasteiger partial charge in [0.2, 0.25) is 0 Å². The van der Waals surface area contributed by atoms with Gasteiger partial charge in [0.25, 0.3) is 0 Å². The Balaban J connectivity index is 1.76. The van der Waals surface area contributed by atoms with E-state index in [0.717, 1.165) is 23.7 Å². The number of aliphatic hydroxyl groups is 1. The van der Waals surface area contributed by atoms with Gasteiger partial charge < -0.3 is 15.0 Å². The van der Waals surface area contributed by atoms with Crippen molar-refractivity contribution >= 4 is 22.5 Å². The van der Waals surface area contributed by atoms with Crippen LogP contribution in [0.4, 0.5) is 0 Å². The van der Waals surface area contributed by atoms with Gasteiger partial charge in [0.15, 0.2) is 0 Å². The van der Waals surface area contributed by atoms with Crippen LogP contribution in [0.25, 0.3) is 10.9 Å². The van der Waals surface area contributed by atoms with Gasteiger partial charge in [-0.1, -0.05) is 17.7 Å². The summed E-state index contributed by atoms with van der Waals surface area (Å²) in [5.74, 6) is 0.218. The quantitative estimate of drug-likeness (QED) is 0.753. The lowest BCUT2D eigenvalue weighted by molar-refractivity contribution is 0.0380. The molecule has 2 unspecified atom stereocenters. The SMILES string of the molecule is Cn1c2c(c3cc(Cl)ccc31)CNCC2CC(C)(O)c1cccnc1. The topological polar surface area (TPSA) is 50.1 Å². The summed E-state index contributed by atoms with van der Waals surface area (Å²) in [6.45, 7) is 3.55. The van der Waals surface area contributed by atoms with Crippen molar-refractivity contribution in [3.63, 3.8) is 0 Å². The number of nitrogens with zero attached hydrogens (tertiary/aromatic N) is 2. The van der Waals surface area contributed by atoms with Gasteiger partial charge in [-0.3, -0.25) is 4.98 Å². The number of fused-ring (bicyclic) bond motifs is 3. The molecular formula is C20H22ClN3O. The number of nitrogens with one attached hydrogen (secondary N) is 1. The molecule has 2 N–H and O–H groups in total. The molecule has 0 bridgehead atoms. The zero-order valence-electron chi connectivity index (χ0n) is 14.5. The summed E-state index contributed by atoms with van der Waals surface area (Å²) >= 11 is 6.22. The highest BCUT2D eigenvalue weighted by atomic mass is 35.5. The van der Waals surface area contributed by atoms with Crippen LogP contribution < -0.4 is 5.32 Å². The van der Waals surface area contributed by atoms with E-state index >= 15 is 0 Å². The van der Waals surface area contributed by atoms with Crippen LogP contribution in [0.2, 0.25) is 5.02 Å². The number of halogens is 1. The van der Waals surface area contributed by atoms with Crippen molar-refractivity contribution in [1.82, 2.24) is 14.9 Å². The highest BCUT2D eigenvalue weighted by Gasteiger charge is 2.33. The number of benzene rings is 1. The molecule has 0 spiro atoms. The number of aromatic nitrogens is 2. The van der Waals surface area contributed by atoms with Gasteiger partial charge in [-0.25, -0.2) is 0 Å². The standard InChI is InChI=1S/C20H22ClN3O/c1-20(25,14-4-3-7-22-11-14)9-13-10-23-12-17-16-8-15(21)5-6-18(16)24(2)19(13)17/h3-8,11,13,23,25H,9-10,12H2,1-2H3. The third kappa shape index (κ3) is 2.84. The van der Waals surface area contributed by atoms with Gasteiger partial charge in [0, 0.05) is 65.6 Å². The Morgan fingerprint density at radius 3 is 3.00 bits per heavy atom. The van der Waals surface area contributed by atoms with Crippen molar-refractivity contribution in [2.24, 2.45) is 7.05 Å². The lowest BCUT2D eigenvalue weighted by atomic mass is 9.83. The average molecular weight is 356 g/mol. The van der Waals surface area contributed by atoms with E-state index in [1.807, 2.05) is 31.2 Å². The molecule has 2 atom stereocenters. The molecule has 0 radical (unpaired) electrons. The molecule has 0 aliphatic carbocycles. The lowest BCUT2D eigenvalue weighted by Gasteiger charge is -2.32. The van der Waals surface area contributed by atoms with Crippen LogP contribution in [0.5, 0.6) is 0 Å². The monoisotopic (exact) mass is 355 g/mol. The van der Waals surface area contributed by atoms with Crippen molar-refractivity contribution in [1.29, 1.82) is 0 Å². The van der Waals surface area contributed by atoms with Gasteiger partial charge in [-0.2, -0.15) is 0 Å². The van der Waals surface area contributed by atoms with E-state index in [9.17, 15) is 5.11 Å². The summed E-state index contributed by atoms with van der Waals surface area (Å²) < 4.78 is 2.26. The predicted molar refractivity (Wildman–Crippen MR) is 101 cm³/mol. The fraction of sp³-hybridized carbons (Fsp3) is 0.350. The molecule has 1 aromatic carbocycles. The molecule has 4 rings (SSSR count). The van der Waals surface area contributed by atoms with E-state index in [1.165, 1.54) is 22.2 Å². The molecule has 4 nitrogen and oxygen atoms in total. The fourth-order valence-corrected chi connectivity index (χ4v) is 4.31. The first kappa shape index (κ1) is 16.6. The molecule has 0 saturated heterocycles. The van der Waals surface area contributed by atoms with Crippen LogP contribution in [0.3, 0.4) is 0 Å². The Morgan fingerprint density at radius 1 is 1.40 bits per heavy atom. The molecule has 1 aliphatic heterocycles. The van der Waals surface area contributed by atoms with Gasteiger partial charge in [0.05, 0.1) is 5.60 Å². The number of hydrogen-bond acceptors (Lipinski definition) is 3. The number of hydrogen-bond donors (Lipinski definition) is 2. The predicted octanol–water partition coefficient (Wildman–Crippen LogP) is 3.71. The van der Waals surface area contributed by atoms with Crippen molar-refractivity contribution in [2.45, 2.75) is 31.4 Å². The fourth-order valence-electron chi connectivity index (χ4n) is 4.13. The summed E-state index contributed by atoms with van der Waals surface area (Å²) in [5, 5.41) is 16.5. The minimum Gasteiger partial charge on any atom is -0.385 e. The molecule has 3 aromatic rings. The minimum absolute atomic E-state index is 0.218. The maximum Gasteiger partial charge on any atom is 0.0890 e. The second-order valence-electron chi connectivity index (χ2n) is 7.13. The highest BCUT2D eigenvalue weighted by Crippen LogP contribution is 2.39. The van der Waals surface area contributed by atoms with Crippen LogP contribution in [0, 0.1) is 0 Å². The largest absolute Gasteiger partial charge is 0.385 e. The van der Waals surface area contributed by atoms with Gasteiger partial charge in [-0.15, -0.1) is 0 Å². The Bertz CT molecular complexity index is 918. The van der Waals surface area contributed by atoms with Crippen molar-refractivity contribution < 1.29 is 5.11 Å². The van der Waals surface area contributed by atoms with E-state index < -0.39 is 5.60 Å². The van der Waals surface area contributed by atoms with Crippen LogP contribution in [0.15, 0.2) is 42.7 Å². The second kappa shape index (κ2) is 6.13. The Labute approximate surface area is 152 Å². The Hall–Kier alpha value is -1.88. The summed E-state index contributed by atoms with van der Waals surface area (Å²) in [4.78, 5) is 4.15. The maximum atomic E-state index is 11.1. The minimum atomic E-state index is -0.927. The Kier molecular flexibility index (Phi) is 4.07. The molecule has 25 heavy (non-hydrogen) atoms. The number of aryl methyl sites for hydroxylation is 1. The van der Waals surface area contributed by atoms with Gasteiger partial charge >= 0.3 is 0 Å². The molecule has 1 aliphatic rings. The average Bonchev–Trinajstić information content (AvgIpc) is 2.89. The maximum absolute atomic E-state index is 11.1. The van der Waals surface area contributed by atoms with Gasteiger partial charge in [0.1, 0.15) is 0 Å². The molecular weight excluding hydrogens is 334 g/mol. The first-order chi connectivity index (χ1) is 12.0. The normalized spacial score (nSPS) is 19.6. The third-order valence-corrected chi connectivity index (χ3v) is 5.56. The van der Waals surface area contributed by atoms with Crippen LogP contribution in [-0.4, -0.2) is 21.2 Å². The van der Waals surface area contributed by atoms with E-state index in [1.54, 1.807) is 12.4 Å². The highest BCUT2D eigenvalue weighted by molar-refractivity contribution is 6.31.